The van der Waals surface area contributed by atoms with Crippen molar-refractivity contribution in [3.8, 4) is 0 Å². The zero-order valence-corrected chi connectivity index (χ0v) is 12.9. The highest BCUT2D eigenvalue weighted by Crippen LogP contribution is 2.29. The van der Waals surface area contributed by atoms with Gasteiger partial charge in [0.15, 0.2) is 0 Å². The number of benzene rings is 1. The van der Waals surface area contributed by atoms with Crippen molar-refractivity contribution in [3.63, 3.8) is 0 Å². The van der Waals surface area contributed by atoms with Crippen molar-refractivity contribution in [1.29, 1.82) is 0 Å². The monoisotopic (exact) mass is 363 g/mol. The molecule has 0 saturated carbocycles. The highest BCUT2D eigenvalue weighted by atomic mass is 79.9. The van der Waals surface area contributed by atoms with Gasteiger partial charge in [-0.3, -0.25) is 4.79 Å². The van der Waals surface area contributed by atoms with Crippen LogP contribution in [0.1, 0.15) is 16.8 Å². The highest BCUT2D eigenvalue weighted by molar-refractivity contribution is 9.10. The van der Waals surface area contributed by atoms with Crippen LogP contribution in [0.25, 0.3) is 0 Å². The van der Waals surface area contributed by atoms with Crippen LogP contribution in [0.2, 0.25) is 5.02 Å². The van der Waals surface area contributed by atoms with Crippen LogP contribution < -0.4 is 5.32 Å². The van der Waals surface area contributed by atoms with Gasteiger partial charge in [0.1, 0.15) is 5.54 Å². The van der Waals surface area contributed by atoms with Gasteiger partial charge in [-0.1, -0.05) is 27.5 Å². The summed E-state index contributed by atoms with van der Waals surface area (Å²) in [5, 5.41) is 12.4. The predicted octanol–water partition coefficient (Wildman–Crippen LogP) is 2.79. The summed E-state index contributed by atoms with van der Waals surface area (Å²) in [4.78, 5) is 23.5. The van der Waals surface area contributed by atoms with Crippen LogP contribution in [0.15, 0.2) is 22.7 Å². The fraction of sp³-hybridized carbons (Fsp3) is 0.333. The van der Waals surface area contributed by atoms with E-state index >= 15 is 0 Å². The lowest BCUT2D eigenvalue weighted by Crippen LogP contribution is -2.54. The Balaban J connectivity index is 2.22. The minimum absolute atomic E-state index is 0.344. The Labute approximate surface area is 128 Å². The summed E-state index contributed by atoms with van der Waals surface area (Å²) < 4.78 is 0.676. The second-order valence-electron chi connectivity index (χ2n) is 4.30. The molecule has 7 heteroatoms. The molecule has 0 radical (unpaired) electrons. The topological polar surface area (TPSA) is 66.4 Å². The standard InChI is InChI=1S/C12H11BrClNO3S/c13-8-3-7(4-9(14)5-8)10(16)15-12(11(17)18)1-2-19-6-12/h3-5H,1-2,6H2,(H,15,16)(H,17,18). The molecule has 2 N–H and O–H groups in total. The molecular weight excluding hydrogens is 354 g/mol. The first-order valence-electron chi connectivity index (χ1n) is 5.53. The molecule has 0 spiro atoms. The van der Waals surface area contributed by atoms with Crippen molar-refractivity contribution in [2.24, 2.45) is 0 Å². The molecule has 1 amide bonds. The molecule has 0 aliphatic carbocycles. The number of hydrogen-bond acceptors (Lipinski definition) is 3. The normalized spacial score (nSPS) is 22.2. The van der Waals surface area contributed by atoms with Gasteiger partial charge in [-0.2, -0.15) is 11.8 Å². The van der Waals surface area contributed by atoms with Crippen molar-refractivity contribution >= 4 is 51.2 Å². The van der Waals surface area contributed by atoms with Gasteiger partial charge in [0.05, 0.1) is 0 Å². The molecule has 0 aromatic heterocycles. The van der Waals surface area contributed by atoms with Crippen molar-refractivity contribution in [2.75, 3.05) is 11.5 Å². The maximum absolute atomic E-state index is 12.2. The van der Waals surface area contributed by atoms with E-state index in [1.165, 1.54) is 17.8 Å². The van der Waals surface area contributed by atoms with Gasteiger partial charge in [0.2, 0.25) is 0 Å². The number of aliphatic carboxylic acids is 1. The number of nitrogens with one attached hydrogen (secondary N) is 1. The second-order valence-corrected chi connectivity index (χ2v) is 6.76. The first-order chi connectivity index (χ1) is 8.93. The Bertz CT molecular complexity index is 511. The summed E-state index contributed by atoms with van der Waals surface area (Å²) in [7, 11) is 0. The number of hydrogen-bond donors (Lipinski definition) is 2. The molecule has 1 fully saturated rings. The van der Waals surface area contributed by atoms with Gasteiger partial charge >= 0.3 is 5.97 Å². The van der Waals surface area contributed by atoms with Crippen molar-refractivity contribution in [3.05, 3.63) is 33.3 Å². The number of carboxylic acids is 1. The third-order valence-corrected chi connectivity index (χ3v) is 4.77. The van der Waals surface area contributed by atoms with Gasteiger partial charge in [-0.25, -0.2) is 4.79 Å². The lowest BCUT2D eigenvalue weighted by atomic mass is 9.98. The summed E-state index contributed by atoms with van der Waals surface area (Å²) in [6.45, 7) is 0. The van der Waals surface area contributed by atoms with Gasteiger partial charge in [-0.15, -0.1) is 0 Å². The maximum atomic E-state index is 12.2. The molecule has 4 nitrogen and oxygen atoms in total. The number of carbonyl (C=O) groups is 2. The fourth-order valence-electron chi connectivity index (χ4n) is 1.86. The molecule has 1 aliphatic rings. The number of rotatable bonds is 3. The lowest BCUT2D eigenvalue weighted by Gasteiger charge is -2.24. The Morgan fingerprint density at radius 3 is 2.68 bits per heavy atom. The molecule has 1 aromatic rings. The lowest BCUT2D eigenvalue weighted by molar-refractivity contribution is -0.143. The van der Waals surface area contributed by atoms with Crippen molar-refractivity contribution < 1.29 is 14.7 Å². The van der Waals surface area contributed by atoms with Crippen molar-refractivity contribution in [1.82, 2.24) is 5.32 Å². The number of halogens is 2. The van der Waals surface area contributed by atoms with Crippen LogP contribution in [-0.4, -0.2) is 34.0 Å². The first-order valence-corrected chi connectivity index (χ1v) is 7.85. The molecule has 19 heavy (non-hydrogen) atoms. The summed E-state index contributed by atoms with van der Waals surface area (Å²) in [5.74, 6) is -0.304. The van der Waals surface area contributed by atoms with E-state index in [-0.39, 0.29) is 0 Å². The highest BCUT2D eigenvalue weighted by Gasteiger charge is 2.43. The van der Waals surface area contributed by atoms with Crippen LogP contribution >= 0.6 is 39.3 Å². The average molecular weight is 365 g/mol. The van der Waals surface area contributed by atoms with Crippen LogP contribution in [0.5, 0.6) is 0 Å². The summed E-state index contributed by atoms with van der Waals surface area (Å²) in [5.41, 5.74) is -0.826. The van der Waals surface area contributed by atoms with Crippen LogP contribution in [-0.2, 0) is 4.79 Å². The molecular formula is C12H11BrClNO3S. The van der Waals surface area contributed by atoms with Crippen LogP contribution in [0.4, 0.5) is 0 Å². The summed E-state index contributed by atoms with van der Waals surface area (Å²) in [6.07, 6.45) is 0.431. The summed E-state index contributed by atoms with van der Waals surface area (Å²) in [6, 6.07) is 4.79. The minimum atomic E-state index is -1.17. The maximum Gasteiger partial charge on any atom is 0.330 e. The molecule has 1 aliphatic heterocycles. The Morgan fingerprint density at radius 2 is 2.16 bits per heavy atom. The third-order valence-electron chi connectivity index (χ3n) is 2.91. The second kappa shape index (κ2) is 5.73. The molecule has 102 valence electrons. The average Bonchev–Trinajstić information content (AvgIpc) is 2.77. The third kappa shape index (κ3) is 3.24. The number of carboxylic acid groups (broad SMARTS) is 1. The molecule has 1 atom stereocenters. The van der Waals surface area contributed by atoms with Gasteiger partial charge in [0.25, 0.3) is 5.91 Å². The molecule has 1 aromatic carbocycles. The fourth-order valence-corrected chi connectivity index (χ4v) is 4.05. The summed E-state index contributed by atoms with van der Waals surface area (Å²) >= 11 is 10.7. The zero-order chi connectivity index (χ0) is 14.0. The Hall–Kier alpha value is -0.720. The van der Waals surface area contributed by atoms with E-state index in [1.807, 2.05) is 0 Å². The molecule has 0 bridgehead atoms. The quantitative estimate of drug-likeness (QED) is 0.865. The number of thioether (sulfide) groups is 1. The van der Waals surface area contributed by atoms with Crippen LogP contribution in [0.3, 0.4) is 0 Å². The molecule has 1 heterocycles. The van der Waals surface area contributed by atoms with Crippen LogP contribution in [0, 0.1) is 0 Å². The van der Waals surface area contributed by atoms with E-state index in [0.29, 0.717) is 27.2 Å². The number of amides is 1. The first kappa shape index (κ1) is 14.7. The van der Waals surface area contributed by atoms with Gasteiger partial charge < -0.3 is 10.4 Å². The van der Waals surface area contributed by atoms with Gasteiger partial charge in [0, 0.05) is 20.8 Å². The van der Waals surface area contributed by atoms with E-state index in [2.05, 4.69) is 21.2 Å². The molecule has 2 rings (SSSR count). The molecule has 1 unspecified atom stereocenters. The van der Waals surface area contributed by atoms with E-state index in [0.717, 1.165) is 5.75 Å². The minimum Gasteiger partial charge on any atom is -0.479 e. The van der Waals surface area contributed by atoms with E-state index in [1.54, 1.807) is 12.1 Å². The van der Waals surface area contributed by atoms with E-state index in [9.17, 15) is 14.7 Å². The van der Waals surface area contributed by atoms with E-state index in [4.69, 9.17) is 11.6 Å². The van der Waals surface area contributed by atoms with E-state index < -0.39 is 17.4 Å². The zero-order valence-electron chi connectivity index (χ0n) is 9.78. The van der Waals surface area contributed by atoms with Gasteiger partial charge in [-0.05, 0) is 30.4 Å². The molecule has 1 saturated heterocycles. The largest absolute Gasteiger partial charge is 0.479 e. The SMILES string of the molecule is O=C(NC1(C(=O)O)CCSC1)c1cc(Cl)cc(Br)c1. The number of carbonyl (C=O) groups excluding carboxylic acids is 1. The smallest absolute Gasteiger partial charge is 0.330 e. The van der Waals surface area contributed by atoms with Crippen molar-refractivity contribution in [2.45, 2.75) is 12.0 Å². The predicted molar refractivity (Wildman–Crippen MR) is 78.9 cm³/mol. The Kier molecular flexibility index (Phi) is 4.43. The Morgan fingerprint density at radius 1 is 1.42 bits per heavy atom.